The van der Waals surface area contributed by atoms with E-state index in [4.69, 9.17) is 4.74 Å². The first-order chi connectivity index (χ1) is 8.76. The summed E-state index contributed by atoms with van der Waals surface area (Å²) in [6.45, 7) is 2.04. The highest BCUT2D eigenvalue weighted by Crippen LogP contribution is 2.31. The van der Waals surface area contributed by atoms with Crippen molar-refractivity contribution in [2.75, 3.05) is 7.11 Å². The Balaban J connectivity index is 2.34. The summed E-state index contributed by atoms with van der Waals surface area (Å²) in [5.41, 5.74) is 2.88. The largest absolute Gasteiger partial charge is 0.496 e. The molecule has 1 N–H and O–H groups in total. The molecule has 0 heterocycles. The number of methoxy groups -OCH3 is 1. The molecule has 1 aliphatic carbocycles. The summed E-state index contributed by atoms with van der Waals surface area (Å²) >= 11 is 0. The topological polar surface area (TPSA) is 41.8 Å². The minimum atomic E-state index is 0.361. The number of ether oxygens (including phenoxy) is 1. The van der Waals surface area contributed by atoms with Gasteiger partial charge < -0.3 is 9.94 Å². The molecule has 1 aliphatic rings. The van der Waals surface area contributed by atoms with Crippen LogP contribution in [0.15, 0.2) is 23.4 Å². The van der Waals surface area contributed by atoms with Gasteiger partial charge in [-0.2, -0.15) is 0 Å². The molecule has 98 valence electrons. The van der Waals surface area contributed by atoms with Crippen molar-refractivity contribution in [2.24, 2.45) is 11.1 Å². The molecular formula is C15H21NO2. The SMILES string of the molecule is COc1ccc(C)cc1/C(=N\O)C1CCCCC1. The van der Waals surface area contributed by atoms with Gasteiger partial charge in [0, 0.05) is 11.5 Å². The van der Waals surface area contributed by atoms with E-state index in [9.17, 15) is 5.21 Å². The van der Waals surface area contributed by atoms with Gasteiger partial charge >= 0.3 is 0 Å². The van der Waals surface area contributed by atoms with Gasteiger partial charge in [0.2, 0.25) is 0 Å². The average molecular weight is 247 g/mol. The fourth-order valence-electron chi connectivity index (χ4n) is 2.75. The van der Waals surface area contributed by atoms with E-state index in [1.54, 1.807) is 7.11 Å². The standard InChI is InChI=1S/C15H21NO2/c1-11-8-9-14(18-2)13(10-11)15(16-17)12-6-4-3-5-7-12/h8-10,12,17H,3-7H2,1-2H3/b16-15-. The third kappa shape index (κ3) is 2.66. The Kier molecular flexibility index (Phi) is 4.24. The van der Waals surface area contributed by atoms with Crippen molar-refractivity contribution in [1.82, 2.24) is 0 Å². The monoisotopic (exact) mass is 247 g/mol. The van der Waals surface area contributed by atoms with Crippen LogP contribution in [0.1, 0.15) is 43.2 Å². The molecule has 0 bridgehead atoms. The van der Waals surface area contributed by atoms with E-state index >= 15 is 0 Å². The van der Waals surface area contributed by atoms with E-state index in [-0.39, 0.29) is 0 Å². The van der Waals surface area contributed by atoms with Gasteiger partial charge in [-0.3, -0.25) is 0 Å². The molecule has 0 saturated heterocycles. The molecular weight excluding hydrogens is 226 g/mol. The fraction of sp³-hybridized carbons (Fsp3) is 0.533. The molecule has 0 spiro atoms. The highest BCUT2D eigenvalue weighted by molar-refractivity contribution is 6.04. The molecule has 18 heavy (non-hydrogen) atoms. The van der Waals surface area contributed by atoms with Crippen LogP contribution in [0.2, 0.25) is 0 Å². The molecule has 3 nitrogen and oxygen atoms in total. The van der Waals surface area contributed by atoms with Gasteiger partial charge in [-0.1, -0.05) is 36.0 Å². The molecule has 0 aliphatic heterocycles. The van der Waals surface area contributed by atoms with Crippen LogP contribution in [-0.2, 0) is 0 Å². The molecule has 1 saturated carbocycles. The zero-order valence-corrected chi connectivity index (χ0v) is 11.1. The number of nitrogens with zero attached hydrogens (tertiary/aromatic N) is 1. The Hall–Kier alpha value is -1.51. The highest BCUT2D eigenvalue weighted by atomic mass is 16.5. The van der Waals surface area contributed by atoms with Crippen molar-refractivity contribution < 1.29 is 9.94 Å². The van der Waals surface area contributed by atoms with Crippen LogP contribution in [0.5, 0.6) is 5.75 Å². The first kappa shape index (κ1) is 12.9. The maximum atomic E-state index is 9.37. The summed E-state index contributed by atoms with van der Waals surface area (Å²) < 4.78 is 5.38. The number of rotatable bonds is 3. The second kappa shape index (κ2) is 5.89. The number of aryl methyl sites for hydroxylation is 1. The van der Waals surface area contributed by atoms with Crippen molar-refractivity contribution in [1.29, 1.82) is 0 Å². The molecule has 0 aromatic heterocycles. The Bertz CT molecular complexity index is 434. The van der Waals surface area contributed by atoms with E-state index < -0.39 is 0 Å². The summed E-state index contributed by atoms with van der Waals surface area (Å²) in [6.07, 6.45) is 5.95. The molecule has 0 amide bonds. The quantitative estimate of drug-likeness (QED) is 0.502. The van der Waals surface area contributed by atoms with Crippen molar-refractivity contribution >= 4 is 5.71 Å². The zero-order valence-electron chi connectivity index (χ0n) is 11.1. The Morgan fingerprint density at radius 3 is 2.61 bits per heavy atom. The van der Waals surface area contributed by atoms with Crippen molar-refractivity contribution in [3.8, 4) is 5.75 Å². The molecule has 0 unspecified atom stereocenters. The van der Waals surface area contributed by atoms with Crippen LogP contribution in [0.4, 0.5) is 0 Å². The first-order valence-electron chi connectivity index (χ1n) is 6.63. The van der Waals surface area contributed by atoms with Crippen molar-refractivity contribution in [2.45, 2.75) is 39.0 Å². The van der Waals surface area contributed by atoms with Gasteiger partial charge in [-0.15, -0.1) is 0 Å². The van der Waals surface area contributed by atoms with Crippen LogP contribution in [-0.4, -0.2) is 18.0 Å². The van der Waals surface area contributed by atoms with Crippen molar-refractivity contribution in [3.05, 3.63) is 29.3 Å². The lowest BCUT2D eigenvalue weighted by molar-refractivity contribution is 0.310. The van der Waals surface area contributed by atoms with Gasteiger partial charge in [0.05, 0.1) is 12.8 Å². The van der Waals surface area contributed by atoms with E-state index in [1.807, 2.05) is 25.1 Å². The van der Waals surface area contributed by atoms with Gasteiger partial charge in [-0.05, 0) is 31.9 Å². The lowest BCUT2D eigenvalue weighted by Gasteiger charge is -2.23. The van der Waals surface area contributed by atoms with E-state index in [1.165, 1.54) is 19.3 Å². The number of oxime groups is 1. The maximum absolute atomic E-state index is 9.37. The number of hydrogen-bond donors (Lipinski definition) is 1. The Morgan fingerprint density at radius 2 is 2.00 bits per heavy atom. The average Bonchev–Trinajstić information content (AvgIpc) is 2.41. The zero-order chi connectivity index (χ0) is 13.0. The van der Waals surface area contributed by atoms with Gasteiger partial charge in [-0.25, -0.2) is 0 Å². The minimum absolute atomic E-state index is 0.361. The molecule has 2 rings (SSSR count). The lowest BCUT2D eigenvalue weighted by atomic mass is 9.83. The van der Waals surface area contributed by atoms with E-state index in [2.05, 4.69) is 5.16 Å². The molecule has 0 atom stereocenters. The maximum Gasteiger partial charge on any atom is 0.128 e. The van der Waals surface area contributed by atoms with Crippen LogP contribution < -0.4 is 4.74 Å². The second-order valence-electron chi connectivity index (χ2n) is 5.02. The molecule has 0 radical (unpaired) electrons. The van der Waals surface area contributed by atoms with Crippen LogP contribution >= 0.6 is 0 Å². The smallest absolute Gasteiger partial charge is 0.128 e. The first-order valence-corrected chi connectivity index (χ1v) is 6.63. The fourth-order valence-corrected chi connectivity index (χ4v) is 2.75. The van der Waals surface area contributed by atoms with Gasteiger partial charge in [0.25, 0.3) is 0 Å². The van der Waals surface area contributed by atoms with Crippen LogP contribution in [0.3, 0.4) is 0 Å². The van der Waals surface area contributed by atoms with Crippen molar-refractivity contribution in [3.63, 3.8) is 0 Å². The summed E-state index contributed by atoms with van der Waals surface area (Å²) in [7, 11) is 1.66. The van der Waals surface area contributed by atoms with Gasteiger partial charge in [0.15, 0.2) is 0 Å². The third-order valence-corrected chi connectivity index (χ3v) is 3.73. The van der Waals surface area contributed by atoms with Crippen LogP contribution in [0, 0.1) is 12.8 Å². The Morgan fingerprint density at radius 1 is 1.28 bits per heavy atom. The molecule has 1 fully saturated rings. The number of benzene rings is 1. The van der Waals surface area contributed by atoms with Crippen LogP contribution in [0.25, 0.3) is 0 Å². The summed E-state index contributed by atoms with van der Waals surface area (Å²) in [5.74, 6) is 1.15. The predicted molar refractivity (Wildman–Crippen MR) is 72.6 cm³/mol. The second-order valence-corrected chi connectivity index (χ2v) is 5.02. The van der Waals surface area contributed by atoms with E-state index in [0.29, 0.717) is 5.92 Å². The summed E-state index contributed by atoms with van der Waals surface area (Å²) in [6, 6.07) is 6.00. The summed E-state index contributed by atoms with van der Waals surface area (Å²) in [4.78, 5) is 0. The lowest BCUT2D eigenvalue weighted by Crippen LogP contribution is -2.19. The van der Waals surface area contributed by atoms with Gasteiger partial charge in [0.1, 0.15) is 5.75 Å². The third-order valence-electron chi connectivity index (χ3n) is 3.73. The number of hydrogen-bond acceptors (Lipinski definition) is 3. The minimum Gasteiger partial charge on any atom is -0.496 e. The molecule has 1 aromatic carbocycles. The van der Waals surface area contributed by atoms with E-state index in [0.717, 1.165) is 35.4 Å². The summed E-state index contributed by atoms with van der Waals surface area (Å²) in [5, 5.41) is 12.9. The highest BCUT2D eigenvalue weighted by Gasteiger charge is 2.23. The predicted octanol–water partition coefficient (Wildman–Crippen LogP) is 3.76. The molecule has 3 heteroatoms. The Labute approximate surface area is 108 Å². The normalized spacial score (nSPS) is 17.8. The molecule has 1 aromatic rings.